The van der Waals surface area contributed by atoms with Crippen molar-refractivity contribution in [1.82, 2.24) is 0 Å². The first-order chi connectivity index (χ1) is 6.17. The van der Waals surface area contributed by atoms with E-state index in [1.165, 1.54) is 0 Å². The third-order valence-electron chi connectivity index (χ3n) is 2.69. The second-order valence-corrected chi connectivity index (χ2v) is 4.34. The van der Waals surface area contributed by atoms with Gasteiger partial charge in [0.1, 0.15) is 0 Å². The van der Waals surface area contributed by atoms with Crippen LogP contribution in [0.2, 0.25) is 0 Å². The van der Waals surface area contributed by atoms with Crippen LogP contribution in [0.4, 0.5) is 0 Å². The Morgan fingerprint density at radius 3 is 1.92 bits per heavy atom. The lowest BCUT2D eigenvalue weighted by Gasteiger charge is -2.16. The van der Waals surface area contributed by atoms with Gasteiger partial charge in [0.2, 0.25) is 0 Å². The van der Waals surface area contributed by atoms with Gasteiger partial charge < -0.3 is 9.47 Å². The molecule has 0 saturated carbocycles. The predicted molar refractivity (Wildman–Crippen MR) is 51.4 cm³/mol. The lowest BCUT2D eigenvalue weighted by atomic mass is 10.0. The van der Waals surface area contributed by atoms with Gasteiger partial charge in [-0.25, -0.2) is 0 Å². The molecule has 0 aromatic heterocycles. The highest BCUT2D eigenvalue weighted by molar-refractivity contribution is 4.91. The Bertz CT molecular complexity index is 188. The van der Waals surface area contributed by atoms with E-state index >= 15 is 0 Å². The summed E-state index contributed by atoms with van der Waals surface area (Å²) >= 11 is 0. The highest BCUT2D eigenvalue weighted by Gasteiger charge is 2.40. The molecule has 2 nitrogen and oxygen atoms in total. The van der Waals surface area contributed by atoms with Crippen LogP contribution in [0, 0.1) is 0 Å². The van der Waals surface area contributed by atoms with Gasteiger partial charge in [-0.15, -0.1) is 0 Å². The van der Waals surface area contributed by atoms with E-state index in [0.717, 1.165) is 25.7 Å². The average Bonchev–Trinajstić information content (AvgIpc) is 2.27. The Hall–Kier alpha value is -0.340. The zero-order chi connectivity index (χ0) is 9.31. The Morgan fingerprint density at radius 1 is 1.00 bits per heavy atom. The monoisotopic (exact) mass is 182 g/mol. The average molecular weight is 182 g/mol. The maximum atomic E-state index is 5.83. The van der Waals surface area contributed by atoms with Crippen LogP contribution in [0.15, 0.2) is 12.2 Å². The van der Waals surface area contributed by atoms with E-state index in [1.54, 1.807) is 0 Å². The fourth-order valence-corrected chi connectivity index (χ4v) is 2.15. The minimum Gasteiger partial charge on any atom is -0.345 e. The molecular formula is C11H18O2. The third-order valence-corrected chi connectivity index (χ3v) is 2.69. The molecule has 0 aromatic carbocycles. The van der Waals surface area contributed by atoms with Crippen LogP contribution in [0.1, 0.15) is 39.5 Å². The van der Waals surface area contributed by atoms with Crippen LogP contribution in [0.25, 0.3) is 0 Å². The van der Waals surface area contributed by atoms with Gasteiger partial charge in [-0.05, 0) is 39.5 Å². The van der Waals surface area contributed by atoms with E-state index < -0.39 is 0 Å². The SMILES string of the molecule is CC1(C)OC2CC/C=C/CCC2O1. The third kappa shape index (κ3) is 2.12. The zero-order valence-corrected chi connectivity index (χ0v) is 8.45. The van der Waals surface area contributed by atoms with Gasteiger partial charge in [0.05, 0.1) is 12.2 Å². The number of fused-ring (bicyclic) bond motifs is 1. The lowest BCUT2D eigenvalue weighted by molar-refractivity contribution is -0.146. The molecule has 2 aliphatic rings. The zero-order valence-electron chi connectivity index (χ0n) is 8.45. The summed E-state index contributed by atoms with van der Waals surface area (Å²) in [4.78, 5) is 0. The molecule has 2 rings (SSSR count). The van der Waals surface area contributed by atoms with Crippen LogP contribution < -0.4 is 0 Å². The van der Waals surface area contributed by atoms with Crippen LogP contribution in [-0.4, -0.2) is 18.0 Å². The van der Waals surface area contributed by atoms with E-state index in [0.29, 0.717) is 12.2 Å². The van der Waals surface area contributed by atoms with E-state index in [1.807, 2.05) is 13.8 Å². The summed E-state index contributed by atoms with van der Waals surface area (Å²) in [5, 5.41) is 0. The number of rotatable bonds is 0. The van der Waals surface area contributed by atoms with E-state index in [4.69, 9.17) is 9.47 Å². The van der Waals surface area contributed by atoms with E-state index in [9.17, 15) is 0 Å². The topological polar surface area (TPSA) is 18.5 Å². The van der Waals surface area contributed by atoms with Crippen molar-refractivity contribution in [3.63, 3.8) is 0 Å². The fraction of sp³-hybridized carbons (Fsp3) is 0.818. The van der Waals surface area contributed by atoms with Crippen molar-refractivity contribution in [1.29, 1.82) is 0 Å². The van der Waals surface area contributed by atoms with Crippen molar-refractivity contribution in [2.24, 2.45) is 0 Å². The standard InChI is InChI=1S/C11H18O2/c1-11(2)12-9-7-5-3-4-6-8-10(9)13-11/h3-4,9-10H,5-8H2,1-2H3/b4-3+. The Balaban J connectivity index is 2.03. The summed E-state index contributed by atoms with van der Waals surface area (Å²) in [6.07, 6.45) is 9.60. The van der Waals surface area contributed by atoms with Gasteiger partial charge in [0.15, 0.2) is 5.79 Å². The number of hydrogen-bond donors (Lipinski definition) is 0. The molecule has 0 amide bonds. The second-order valence-electron chi connectivity index (χ2n) is 4.34. The largest absolute Gasteiger partial charge is 0.345 e. The molecule has 2 unspecified atom stereocenters. The highest BCUT2D eigenvalue weighted by Crippen LogP contribution is 2.33. The molecule has 1 aliphatic carbocycles. The Kier molecular flexibility index (Phi) is 2.43. The molecule has 2 heteroatoms. The van der Waals surface area contributed by atoms with Crippen LogP contribution in [-0.2, 0) is 9.47 Å². The first-order valence-corrected chi connectivity index (χ1v) is 5.18. The summed E-state index contributed by atoms with van der Waals surface area (Å²) in [5.41, 5.74) is 0. The Morgan fingerprint density at radius 2 is 1.46 bits per heavy atom. The van der Waals surface area contributed by atoms with Gasteiger partial charge in [0, 0.05) is 0 Å². The molecule has 1 heterocycles. The predicted octanol–water partition coefficient (Wildman–Crippen LogP) is 2.64. The molecular weight excluding hydrogens is 164 g/mol. The summed E-state index contributed by atoms with van der Waals surface area (Å²) < 4.78 is 11.7. The number of allylic oxidation sites excluding steroid dienone is 2. The second kappa shape index (κ2) is 3.43. The smallest absolute Gasteiger partial charge is 0.163 e. The maximum Gasteiger partial charge on any atom is 0.163 e. The van der Waals surface area contributed by atoms with Crippen molar-refractivity contribution in [3.05, 3.63) is 12.2 Å². The van der Waals surface area contributed by atoms with Gasteiger partial charge in [0.25, 0.3) is 0 Å². The number of hydrogen-bond acceptors (Lipinski definition) is 2. The summed E-state index contributed by atoms with van der Waals surface area (Å²) in [6, 6.07) is 0. The van der Waals surface area contributed by atoms with Gasteiger partial charge in [-0.1, -0.05) is 12.2 Å². The first-order valence-electron chi connectivity index (χ1n) is 5.18. The Labute approximate surface area is 79.9 Å². The maximum absolute atomic E-state index is 5.83. The normalized spacial score (nSPS) is 40.5. The summed E-state index contributed by atoms with van der Waals surface area (Å²) in [7, 11) is 0. The fourth-order valence-electron chi connectivity index (χ4n) is 2.15. The van der Waals surface area contributed by atoms with E-state index in [2.05, 4.69) is 12.2 Å². The highest BCUT2D eigenvalue weighted by atomic mass is 16.7. The van der Waals surface area contributed by atoms with Crippen LogP contribution in [0.3, 0.4) is 0 Å². The molecule has 1 saturated heterocycles. The molecule has 0 bridgehead atoms. The molecule has 1 aliphatic heterocycles. The van der Waals surface area contributed by atoms with Crippen molar-refractivity contribution in [2.75, 3.05) is 0 Å². The molecule has 13 heavy (non-hydrogen) atoms. The summed E-state index contributed by atoms with van der Waals surface area (Å²) in [5.74, 6) is -0.361. The van der Waals surface area contributed by atoms with Crippen molar-refractivity contribution in [2.45, 2.75) is 57.5 Å². The molecule has 74 valence electrons. The van der Waals surface area contributed by atoms with Gasteiger partial charge in [-0.3, -0.25) is 0 Å². The molecule has 0 aromatic rings. The first kappa shape index (κ1) is 9.22. The molecule has 0 spiro atoms. The van der Waals surface area contributed by atoms with Crippen molar-refractivity contribution in [3.8, 4) is 0 Å². The van der Waals surface area contributed by atoms with Crippen LogP contribution in [0.5, 0.6) is 0 Å². The van der Waals surface area contributed by atoms with Gasteiger partial charge in [-0.2, -0.15) is 0 Å². The lowest BCUT2D eigenvalue weighted by Crippen LogP contribution is -2.22. The summed E-state index contributed by atoms with van der Waals surface area (Å²) in [6.45, 7) is 4.01. The molecule has 0 radical (unpaired) electrons. The minimum absolute atomic E-state index is 0.319. The quantitative estimate of drug-likeness (QED) is 0.536. The molecule has 0 N–H and O–H groups in total. The van der Waals surface area contributed by atoms with Crippen molar-refractivity contribution >= 4 is 0 Å². The molecule has 2 atom stereocenters. The van der Waals surface area contributed by atoms with Gasteiger partial charge >= 0.3 is 0 Å². The minimum atomic E-state index is -0.361. The number of ether oxygens (including phenoxy) is 2. The van der Waals surface area contributed by atoms with E-state index in [-0.39, 0.29) is 5.79 Å². The molecule has 1 fully saturated rings. The van der Waals surface area contributed by atoms with Crippen molar-refractivity contribution < 1.29 is 9.47 Å². The van der Waals surface area contributed by atoms with Crippen LogP contribution >= 0.6 is 0 Å².